The molecule has 1 aliphatic heterocycles. The Morgan fingerprint density at radius 3 is 2.44 bits per heavy atom. The molecule has 0 radical (unpaired) electrons. The zero-order valence-electron chi connectivity index (χ0n) is 8.80. The molecule has 3 nitrogen and oxygen atoms in total. The van der Waals surface area contributed by atoms with Crippen molar-refractivity contribution in [1.29, 1.82) is 0 Å². The van der Waals surface area contributed by atoms with Crippen LogP contribution in [0.1, 0.15) is 12.8 Å². The molecular weight excluding hydrogens is 268 g/mol. The normalized spacial score (nSPS) is 16.2. The van der Waals surface area contributed by atoms with Gasteiger partial charge in [-0.3, -0.25) is 0 Å². The Morgan fingerprint density at radius 1 is 1.25 bits per heavy atom. The van der Waals surface area contributed by atoms with Crippen LogP contribution in [0.5, 0.6) is 0 Å². The number of nitrogens with two attached hydrogens (primary N) is 1. The number of hydrogen-bond acceptors (Lipinski definition) is 3. The van der Waals surface area contributed by atoms with Gasteiger partial charge in [0.15, 0.2) is 0 Å². The van der Waals surface area contributed by atoms with Gasteiger partial charge >= 0.3 is 0 Å². The largest absolute Gasteiger partial charge is 0.356 e. The van der Waals surface area contributed by atoms with E-state index in [1.807, 2.05) is 12.1 Å². The molecule has 0 saturated carbocycles. The number of rotatable bonds is 1. The predicted molar refractivity (Wildman–Crippen MR) is 73.2 cm³/mol. The summed E-state index contributed by atoms with van der Waals surface area (Å²) in [4.78, 5) is 6.50. The molecule has 6 heteroatoms. The van der Waals surface area contributed by atoms with Gasteiger partial charge in [0.2, 0.25) is 0 Å². The standard InChI is InChI=1S/C10H14ClN3.2ClH/c11-9-2-1-3-10(13-9)14-6-4-8(12)5-7-14;;/h1-3,8H,4-7,12H2;2*1H. The number of nitrogens with zero attached hydrogens (tertiary/aromatic N) is 2. The predicted octanol–water partition coefficient (Wildman–Crippen LogP) is 2.51. The SMILES string of the molecule is Cl.Cl.NC1CCN(c2cccc(Cl)n2)CC1. The summed E-state index contributed by atoms with van der Waals surface area (Å²) in [6, 6.07) is 6.06. The average Bonchev–Trinajstić information content (AvgIpc) is 2.19. The van der Waals surface area contributed by atoms with Crippen molar-refractivity contribution in [2.75, 3.05) is 18.0 Å². The van der Waals surface area contributed by atoms with Crippen molar-refractivity contribution in [2.24, 2.45) is 5.73 Å². The summed E-state index contributed by atoms with van der Waals surface area (Å²) in [5.74, 6) is 0.962. The molecule has 0 atom stereocenters. The van der Waals surface area contributed by atoms with E-state index in [-0.39, 0.29) is 24.8 Å². The summed E-state index contributed by atoms with van der Waals surface area (Å²) in [6.45, 7) is 1.96. The lowest BCUT2D eigenvalue weighted by atomic mass is 10.1. The Morgan fingerprint density at radius 2 is 1.88 bits per heavy atom. The monoisotopic (exact) mass is 283 g/mol. The Bertz CT molecular complexity index is 314. The summed E-state index contributed by atoms with van der Waals surface area (Å²) in [5.41, 5.74) is 5.83. The van der Waals surface area contributed by atoms with Gasteiger partial charge in [0.1, 0.15) is 11.0 Å². The fraction of sp³-hybridized carbons (Fsp3) is 0.500. The first-order valence-corrected chi connectivity index (χ1v) is 5.26. The van der Waals surface area contributed by atoms with Gasteiger partial charge in [0, 0.05) is 19.1 Å². The van der Waals surface area contributed by atoms with Crippen LogP contribution in [-0.4, -0.2) is 24.1 Å². The van der Waals surface area contributed by atoms with Gasteiger partial charge in [-0.25, -0.2) is 4.98 Å². The maximum atomic E-state index is 5.83. The number of hydrogen-bond donors (Lipinski definition) is 1. The van der Waals surface area contributed by atoms with E-state index >= 15 is 0 Å². The maximum absolute atomic E-state index is 5.83. The van der Waals surface area contributed by atoms with Gasteiger partial charge in [-0.15, -0.1) is 24.8 Å². The second kappa shape index (κ2) is 7.17. The first kappa shape index (κ1) is 15.8. The highest BCUT2D eigenvalue weighted by Gasteiger charge is 2.16. The van der Waals surface area contributed by atoms with Crippen LogP contribution in [0.4, 0.5) is 5.82 Å². The quantitative estimate of drug-likeness (QED) is 0.806. The number of halogens is 3. The summed E-state index contributed by atoms with van der Waals surface area (Å²) >= 11 is 5.83. The third-order valence-electron chi connectivity index (χ3n) is 2.56. The molecular formula is C10H16Cl3N3. The third-order valence-corrected chi connectivity index (χ3v) is 2.77. The zero-order chi connectivity index (χ0) is 9.97. The van der Waals surface area contributed by atoms with Crippen molar-refractivity contribution in [3.05, 3.63) is 23.4 Å². The van der Waals surface area contributed by atoms with Crippen LogP contribution in [-0.2, 0) is 0 Å². The maximum Gasteiger partial charge on any atom is 0.131 e. The second-order valence-corrected chi connectivity index (χ2v) is 4.03. The van der Waals surface area contributed by atoms with E-state index < -0.39 is 0 Å². The van der Waals surface area contributed by atoms with Crippen molar-refractivity contribution < 1.29 is 0 Å². The summed E-state index contributed by atoms with van der Waals surface area (Å²) in [5, 5.41) is 0.553. The highest BCUT2D eigenvalue weighted by molar-refractivity contribution is 6.29. The molecule has 1 saturated heterocycles. The molecule has 1 aromatic rings. The number of aromatic nitrogens is 1. The molecule has 0 aromatic carbocycles. The Hall–Kier alpha value is -0.220. The number of piperidine rings is 1. The van der Waals surface area contributed by atoms with E-state index in [0.717, 1.165) is 31.7 Å². The molecule has 0 unspecified atom stereocenters. The lowest BCUT2D eigenvalue weighted by Crippen LogP contribution is -2.40. The van der Waals surface area contributed by atoms with Crippen molar-refractivity contribution in [1.82, 2.24) is 4.98 Å². The number of pyridine rings is 1. The van der Waals surface area contributed by atoms with Crippen molar-refractivity contribution in [3.8, 4) is 0 Å². The van der Waals surface area contributed by atoms with Crippen LogP contribution in [0, 0.1) is 0 Å². The summed E-state index contributed by atoms with van der Waals surface area (Å²) < 4.78 is 0. The van der Waals surface area contributed by atoms with Gasteiger partial charge in [0.25, 0.3) is 0 Å². The fourth-order valence-corrected chi connectivity index (χ4v) is 1.86. The van der Waals surface area contributed by atoms with E-state index in [2.05, 4.69) is 9.88 Å². The Labute approximate surface area is 113 Å². The minimum atomic E-state index is 0. The lowest BCUT2D eigenvalue weighted by Gasteiger charge is -2.31. The van der Waals surface area contributed by atoms with Crippen LogP contribution in [0.3, 0.4) is 0 Å². The van der Waals surface area contributed by atoms with E-state index in [9.17, 15) is 0 Å². The van der Waals surface area contributed by atoms with E-state index in [1.165, 1.54) is 0 Å². The molecule has 0 aliphatic carbocycles. The molecule has 0 bridgehead atoms. The van der Waals surface area contributed by atoms with Crippen LogP contribution < -0.4 is 10.6 Å². The van der Waals surface area contributed by atoms with Gasteiger partial charge in [-0.1, -0.05) is 17.7 Å². The van der Waals surface area contributed by atoms with Gasteiger partial charge < -0.3 is 10.6 Å². The van der Waals surface area contributed by atoms with Crippen molar-refractivity contribution in [2.45, 2.75) is 18.9 Å². The Balaban J connectivity index is 0.00000112. The lowest BCUT2D eigenvalue weighted by molar-refractivity contribution is 0.498. The van der Waals surface area contributed by atoms with E-state index in [4.69, 9.17) is 17.3 Å². The summed E-state index contributed by atoms with van der Waals surface area (Å²) in [7, 11) is 0. The molecule has 0 spiro atoms. The van der Waals surface area contributed by atoms with Crippen LogP contribution in [0.15, 0.2) is 18.2 Å². The molecule has 2 N–H and O–H groups in total. The van der Waals surface area contributed by atoms with Crippen LogP contribution in [0.2, 0.25) is 5.15 Å². The molecule has 2 heterocycles. The zero-order valence-corrected chi connectivity index (χ0v) is 11.2. The Kier molecular flexibility index (Phi) is 7.07. The average molecular weight is 285 g/mol. The van der Waals surface area contributed by atoms with Gasteiger partial charge in [-0.2, -0.15) is 0 Å². The topological polar surface area (TPSA) is 42.1 Å². The molecule has 1 aliphatic rings. The second-order valence-electron chi connectivity index (χ2n) is 3.64. The number of anilines is 1. The smallest absolute Gasteiger partial charge is 0.131 e. The van der Waals surface area contributed by atoms with E-state index in [0.29, 0.717) is 11.2 Å². The molecule has 92 valence electrons. The van der Waals surface area contributed by atoms with E-state index in [1.54, 1.807) is 6.07 Å². The van der Waals surface area contributed by atoms with Gasteiger partial charge in [-0.05, 0) is 25.0 Å². The first-order chi connectivity index (χ1) is 6.75. The van der Waals surface area contributed by atoms with Crippen molar-refractivity contribution in [3.63, 3.8) is 0 Å². The minimum absolute atomic E-state index is 0. The highest BCUT2D eigenvalue weighted by Crippen LogP contribution is 2.18. The highest BCUT2D eigenvalue weighted by atomic mass is 35.5. The molecule has 1 fully saturated rings. The molecule has 16 heavy (non-hydrogen) atoms. The van der Waals surface area contributed by atoms with Crippen LogP contribution in [0.25, 0.3) is 0 Å². The van der Waals surface area contributed by atoms with Gasteiger partial charge in [0.05, 0.1) is 0 Å². The minimum Gasteiger partial charge on any atom is -0.356 e. The molecule has 2 rings (SSSR count). The fourth-order valence-electron chi connectivity index (χ4n) is 1.70. The molecule has 1 aromatic heterocycles. The van der Waals surface area contributed by atoms with Crippen molar-refractivity contribution >= 4 is 42.2 Å². The summed E-state index contributed by atoms with van der Waals surface area (Å²) in [6.07, 6.45) is 2.07. The first-order valence-electron chi connectivity index (χ1n) is 4.89. The van der Waals surface area contributed by atoms with Crippen LogP contribution >= 0.6 is 36.4 Å². The molecule has 0 amide bonds. The third kappa shape index (κ3) is 3.98.